The Morgan fingerprint density at radius 3 is 2.70 bits per heavy atom. The molecule has 40 heavy (non-hydrogen) atoms. The second-order valence-electron chi connectivity index (χ2n) is 10.8. The van der Waals surface area contributed by atoms with Gasteiger partial charge in [-0.1, -0.05) is 66.6 Å². The van der Waals surface area contributed by atoms with Gasteiger partial charge in [0.2, 0.25) is 5.95 Å². The van der Waals surface area contributed by atoms with Gasteiger partial charge >= 0.3 is 6.09 Å². The van der Waals surface area contributed by atoms with Crippen molar-refractivity contribution in [3.05, 3.63) is 77.6 Å². The minimum absolute atomic E-state index is 0.222. The molecule has 208 valence electrons. The minimum Gasteiger partial charge on any atom is -0.445 e. The third-order valence-corrected chi connectivity index (χ3v) is 8.33. The third kappa shape index (κ3) is 6.24. The molecule has 1 unspecified atom stereocenters. The maximum absolute atomic E-state index is 12.5. The van der Waals surface area contributed by atoms with Gasteiger partial charge in [0.05, 0.1) is 16.9 Å². The first-order chi connectivity index (χ1) is 19.6. The maximum Gasteiger partial charge on any atom is 0.410 e. The second-order valence-corrected chi connectivity index (χ2v) is 11.2. The zero-order valence-electron chi connectivity index (χ0n) is 22.6. The van der Waals surface area contributed by atoms with Crippen LogP contribution < -0.4 is 5.32 Å². The topological polar surface area (TPSA) is 86.4 Å². The molecule has 1 aliphatic carbocycles. The number of hydrogen-bond donors (Lipinski definition) is 2. The number of H-pyrrole nitrogens is 1. The normalized spacial score (nSPS) is 20.0. The van der Waals surface area contributed by atoms with Crippen LogP contribution in [0, 0.1) is 5.92 Å². The molecule has 2 aromatic carbocycles. The monoisotopic (exact) mass is 558 g/mol. The molecule has 9 heteroatoms. The molecule has 0 bridgehead atoms. The van der Waals surface area contributed by atoms with Crippen molar-refractivity contribution in [2.75, 3.05) is 38.0 Å². The lowest BCUT2D eigenvalue weighted by Crippen LogP contribution is -2.50. The summed E-state index contributed by atoms with van der Waals surface area (Å²) in [6, 6.07) is 18.3. The summed E-state index contributed by atoms with van der Waals surface area (Å²) >= 11 is 6.53. The van der Waals surface area contributed by atoms with Crippen LogP contribution in [0.1, 0.15) is 31.2 Å². The Morgan fingerprint density at radius 1 is 1.05 bits per heavy atom. The number of aromatic nitrogens is 3. The highest BCUT2D eigenvalue weighted by molar-refractivity contribution is 6.33. The predicted molar refractivity (Wildman–Crippen MR) is 158 cm³/mol. The van der Waals surface area contributed by atoms with Gasteiger partial charge in [-0.05, 0) is 36.8 Å². The van der Waals surface area contributed by atoms with E-state index in [4.69, 9.17) is 21.3 Å². The number of ether oxygens (including phenoxy) is 1. The number of benzene rings is 2. The quantitative estimate of drug-likeness (QED) is 0.281. The molecule has 8 nitrogen and oxygen atoms in total. The largest absolute Gasteiger partial charge is 0.445 e. The van der Waals surface area contributed by atoms with Gasteiger partial charge in [0.25, 0.3) is 0 Å². The summed E-state index contributed by atoms with van der Waals surface area (Å²) in [6.45, 7) is 4.53. The van der Waals surface area contributed by atoms with Crippen LogP contribution in [-0.2, 0) is 11.3 Å². The molecule has 0 radical (unpaired) electrons. The molecule has 2 fully saturated rings. The lowest BCUT2D eigenvalue weighted by Gasteiger charge is -2.38. The van der Waals surface area contributed by atoms with Gasteiger partial charge in [-0.25, -0.2) is 14.8 Å². The van der Waals surface area contributed by atoms with Crippen LogP contribution in [0.15, 0.2) is 67.0 Å². The summed E-state index contributed by atoms with van der Waals surface area (Å²) in [6.07, 6.45) is 8.01. The van der Waals surface area contributed by atoms with Gasteiger partial charge in [0.15, 0.2) is 0 Å². The van der Waals surface area contributed by atoms with E-state index in [1.54, 1.807) is 6.20 Å². The molecule has 2 N–H and O–H groups in total. The molecule has 1 amide bonds. The van der Waals surface area contributed by atoms with Crippen LogP contribution in [0.3, 0.4) is 0 Å². The van der Waals surface area contributed by atoms with Crippen molar-refractivity contribution in [3.63, 3.8) is 0 Å². The number of amides is 1. The van der Waals surface area contributed by atoms with Gasteiger partial charge < -0.3 is 19.9 Å². The maximum atomic E-state index is 12.5. The molecule has 2 aromatic heterocycles. The van der Waals surface area contributed by atoms with Gasteiger partial charge in [-0.15, -0.1) is 0 Å². The lowest BCUT2D eigenvalue weighted by atomic mass is 9.85. The predicted octanol–water partition coefficient (Wildman–Crippen LogP) is 6.20. The third-order valence-electron chi connectivity index (χ3n) is 8.06. The van der Waals surface area contributed by atoms with Gasteiger partial charge in [0.1, 0.15) is 6.61 Å². The Kier molecular flexibility index (Phi) is 8.16. The van der Waals surface area contributed by atoms with E-state index >= 15 is 0 Å². The molecule has 1 saturated carbocycles. The number of rotatable bonds is 7. The Morgan fingerprint density at radius 2 is 1.85 bits per heavy atom. The first-order valence-electron chi connectivity index (χ1n) is 14.2. The molecular formula is C31H35ClN6O2. The summed E-state index contributed by atoms with van der Waals surface area (Å²) in [5.41, 5.74) is 3.79. The Balaban J connectivity index is 1.00. The highest BCUT2D eigenvalue weighted by Gasteiger charge is 2.28. The number of piperazine rings is 1. The van der Waals surface area contributed by atoms with Gasteiger partial charge in [0, 0.05) is 61.4 Å². The number of carbonyl (C=O) groups is 1. The number of aromatic amines is 1. The molecule has 2 aliphatic rings. The first kappa shape index (κ1) is 26.6. The van der Waals surface area contributed by atoms with E-state index in [9.17, 15) is 4.79 Å². The highest BCUT2D eigenvalue weighted by atomic mass is 35.5. The fraction of sp³-hybridized carbons (Fsp3) is 0.387. The number of anilines is 1. The Hall–Kier alpha value is -3.62. The van der Waals surface area contributed by atoms with Crippen LogP contribution in [0.2, 0.25) is 5.02 Å². The van der Waals surface area contributed by atoms with Crippen molar-refractivity contribution in [1.82, 2.24) is 24.8 Å². The SMILES string of the molecule is O=C(OCc1ccccc1)N1CCN(C[C@H]2CCCC(Nc3ncc(Cl)c(-c4c[nH]c5ccccc45)n3)C2)CC1. The summed E-state index contributed by atoms with van der Waals surface area (Å²) in [5, 5.41) is 5.23. The van der Waals surface area contributed by atoms with Crippen molar-refractivity contribution < 1.29 is 9.53 Å². The molecule has 1 saturated heterocycles. The fourth-order valence-corrected chi connectivity index (χ4v) is 6.15. The summed E-state index contributed by atoms with van der Waals surface area (Å²) in [4.78, 5) is 29.5. The van der Waals surface area contributed by atoms with Crippen molar-refractivity contribution in [3.8, 4) is 11.3 Å². The molecule has 4 aromatic rings. The van der Waals surface area contributed by atoms with E-state index in [2.05, 4.69) is 26.3 Å². The number of carbonyl (C=O) groups excluding carboxylic acids is 1. The molecule has 2 atom stereocenters. The molecule has 3 heterocycles. The van der Waals surface area contributed by atoms with Crippen molar-refractivity contribution in [2.24, 2.45) is 5.92 Å². The number of para-hydroxylation sites is 1. The van der Waals surface area contributed by atoms with Crippen LogP contribution >= 0.6 is 11.6 Å². The summed E-state index contributed by atoms with van der Waals surface area (Å²) in [5.74, 6) is 1.22. The average Bonchev–Trinajstić information content (AvgIpc) is 3.42. The lowest BCUT2D eigenvalue weighted by molar-refractivity contribution is 0.0656. The molecule has 6 rings (SSSR count). The molecule has 0 spiro atoms. The van der Waals surface area contributed by atoms with Crippen molar-refractivity contribution in [1.29, 1.82) is 0 Å². The summed E-state index contributed by atoms with van der Waals surface area (Å²) < 4.78 is 5.52. The smallest absolute Gasteiger partial charge is 0.410 e. The van der Waals surface area contributed by atoms with E-state index in [1.165, 1.54) is 12.8 Å². The van der Waals surface area contributed by atoms with Crippen LogP contribution in [0.4, 0.5) is 10.7 Å². The Labute approximate surface area is 239 Å². The Bertz CT molecular complexity index is 1440. The van der Waals surface area contributed by atoms with Crippen LogP contribution in [0.5, 0.6) is 0 Å². The fourth-order valence-electron chi connectivity index (χ4n) is 5.95. The molecular weight excluding hydrogens is 524 g/mol. The van der Waals surface area contributed by atoms with Gasteiger partial charge in [-0.3, -0.25) is 4.90 Å². The number of halogens is 1. The van der Waals surface area contributed by atoms with Gasteiger partial charge in [-0.2, -0.15) is 0 Å². The number of hydrogen-bond acceptors (Lipinski definition) is 6. The van der Waals surface area contributed by atoms with Crippen molar-refractivity contribution >= 4 is 34.5 Å². The van der Waals surface area contributed by atoms with E-state index in [-0.39, 0.29) is 6.09 Å². The van der Waals surface area contributed by atoms with E-state index in [1.807, 2.05) is 59.6 Å². The first-order valence-corrected chi connectivity index (χ1v) is 14.5. The van der Waals surface area contributed by atoms with E-state index < -0.39 is 0 Å². The van der Waals surface area contributed by atoms with E-state index in [0.29, 0.717) is 42.6 Å². The van der Waals surface area contributed by atoms with Crippen LogP contribution in [-0.4, -0.2) is 69.6 Å². The standard InChI is InChI=1S/C31H35ClN6O2/c32-27-19-34-30(36-29(27)26-18-33-28-12-5-4-11-25(26)28)35-24-10-6-9-23(17-24)20-37-13-15-38(16-14-37)31(39)40-21-22-7-2-1-3-8-22/h1-5,7-8,11-12,18-19,23-24,33H,6,9-10,13-17,20-21H2,(H,34,35,36)/t23-,24?/m0/s1. The minimum atomic E-state index is -0.222. The highest BCUT2D eigenvalue weighted by Crippen LogP contribution is 2.33. The van der Waals surface area contributed by atoms with Crippen molar-refractivity contribution in [2.45, 2.75) is 38.3 Å². The average molecular weight is 559 g/mol. The summed E-state index contributed by atoms with van der Waals surface area (Å²) in [7, 11) is 0. The number of nitrogens with one attached hydrogen (secondary N) is 2. The number of fused-ring (bicyclic) bond motifs is 1. The zero-order chi connectivity index (χ0) is 27.3. The van der Waals surface area contributed by atoms with E-state index in [0.717, 1.165) is 60.2 Å². The zero-order valence-corrected chi connectivity index (χ0v) is 23.3. The second kappa shape index (κ2) is 12.3. The molecule has 1 aliphatic heterocycles. The number of nitrogens with zero attached hydrogens (tertiary/aromatic N) is 4. The van der Waals surface area contributed by atoms with Crippen LogP contribution in [0.25, 0.3) is 22.2 Å².